The van der Waals surface area contributed by atoms with E-state index in [0.29, 0.717) is 0 Å². The average molecular weight is 243 g/mol. The number of nitrogens with one attached hydrogen (secondary N) is 1. The quantitative estimate of drug-likeness (QED) is 0.663. The lowest BCUT2D eigenvalue weighted by molar-refractivity contribution is -0.384. The van der Waals surface area contributed by atoms with Gasteiger partial charge in [0.05, 0.1) is 4.92 Å². The van der Waals surface area contributed by atoms with Crippen molar-refractivity contribution in [2.75, 3.05) is 5.32 Å². The minimum absolute atomic E-state index is 0.0121. The van der Waals surface area contributed by atoms with E-state index in [1.807, 2.05) is 44.2 Å². The number of aryl methyl sites for hydroxylation is 2. The van der Waals surface area contributed by atoms with Crippen LogP contribution in [0.25, 0.3) is 0 Å². The van der Waals surface area contributed by atoms with Crippen molar-refractivity contribution < 1.29 is 4.92 Å². The largest absolute Gasteiger partial charge is 0.334 e. The molecule has 0 aliphatic carbocycles. The molecule has 0 aliphatic rings. The number of anilines is 2. The lowest BCUT2D eigenvalue weighted by atomic mass is 10.2. The summed E-state index contributed by atoms with van der Waals surface area (Å²) in [5, 5.41) is 14.0. The number of hydrogen-bond acceptors (Lipinski definition) is 4. The van der Waals surface area contributed by atoms with Crippen LogP contribution in [0.15, 0.2) is 36.4 Å². The molecular weight excluding hydrogens is 230 g/mol. The van der Waals surface area contributed by atoms with Gasteiger partial charge in [-0.15, -0.1) is 0 Å². The van der Waals surface area contributed by atoms with Gasteiger partial charge in [-0.05, 0) is 31.5 Å². The van der Waals surface area contributed by atoms with Gasteiger partial charge >= 0.3 is 5.69 Å². The van der Waals surface area contributed by atoms with Crippen LogP contribution in [0, 0.1) is 24.0 Å². The molecule has 0 spiro atoms. The molecule has 5 nitrogen and oxygen atoms in total. The predicted octanol–water partition coefficient (Wildman–Crippen LogP) is 3.35. The Labute approximate surface area is 105 Å². The second-order valence-electron chi connectivity index (χ2n) is 4.01. The zero-order valence-corrected chi connectivity index (χ0v) is 10.2. The number of nitrogens with zero attached hydrogens (tertiary/aromatic N) is 2. The first-order valence-corrected chi connectivity index (χ1v) is 5.52. The van der Waals surface area contributed by atoms with Gasteiger partial charge in [-0.2, -0.15) is 0 Å². The smallest absolute Gasteiger partial charge is 0.312 e. The Kier molecular flexibility index (Phi) is 3.23. The second-order valence-corrected chi connectivity index (χ2v) is 4.01. The Morgan fingerprint density at radius 3 is 2.50 bits per heavy atom. The van der Waals surface area contributed by atoms with Crippen molar-refractivity contribution in [1.82, 2.24) is 4.98 Å². The van der Waals surface area contributed by atoms with E-state index in [4.69, 9.17) is 0 Å². The highest BCUT2D eigenvalue weighted by atomic mass is 16.6. The van der Waals surface area contributed by atoms with E-state index in [9.17, 15) is 10.1 Å². The minimum Gasteiger partial charge on any atom is -0.334 e. The first-order chi connectivity index (χ1) is 8.58. The van der Waals surface area contributed by atoms with E-state index < -0.39 is 4.92 Å². The van der Waals surface area contributed by atoms with E-state index >= 15 is 0 Å². The second kappa shape index (κ2) is 4.83. The highest BCUT2D eigenvalue weighted by Gasteiger charge is 2.17. The summed E-state index contributed by atoms with van der Waals surface area (Å²) in [4.78, 5) is 14.8. The molecule has 2 aromatic rings. The number of pyridine rings is 1. The maximum atomic E-state index is 11.0. The third kappa shape index (κ3) is 2.45. The predicted molar refractivity (Wildman–Crippen MR) is 70.1 cm³/mol. The summed E-state index contributed by atoms with van der Waals surface area (Å²) < 4.78 is 0. The Morgan fingerprint density at radius 2 is 1.89 bits per heavy atom. The molecule has 0 saturated heterocycles. The highest BCUT2D eigenvalue weighted by Crippen LogP contribution is 2.27. The summed E-state index contributed by atoms with van der Waals surface area (Å²) in [5.41, 5.74) is 2.35. The molecule has 0 bridgehead atoms. The molecule has 2 rings (SSSR count). The normalized spacial score (nSPS) is 10.1. The molecule has 0 saturated carbocycles. The minimum atomic E-state index is -0.426. The van der Waals surface area contributed by atoms with Crippen molar-refractivity contribution >= 4 is 17.2 Å². The first kappa shape index (κ1) is 12.0. The van der Waals surface area contributed by atoms with Crippen molar-refractivity contribution in [2.24, 2.45) is 0 Å². The van der Waals surface area contributed by atoms with Crippen molar-refractivity contribution in [3.8, 4) is 0 Å². The first-order valence-electron chi connectivity index (χ1n) is 5.52. The van der Waals surface area contributed by atoms with Gasteiger partial charge in [-0.3, -0.25) is 10.1 Å². The lowest BCUT2D eigenvalue weighted by Crippen LogP contribution is -2.02. The van der Waals surface area contributed by atoms with Crippen LogP contribution in [0.1, 0.15) is 11.3 Å². The lowest BCUT2D eigenvalue weighted by Gasteiger charge is -2.08. The van der Waals surface area contributed by atoms with E-state index in [-0.39, 0.29) is 11.5 Å². The van der Waals surface area contributed by atoms with Gasteiger partial charge in [0.25, 0.3) is 0 Å². The third-order valence-electron chi connectivity index (χ3n) is 2.68. The standard InChI is InChI=1S/C13H13N3O2/c1-9-8-12(16(17)18)13(14-10(9)2)15-11-6-4-3-5-7-11/h3-8H,1-2H3,(H,14,15). The van der Waals surface area contributed by atoms with E-state index in [0.717, 1.165) is 16.9 Å². The molecule has 1 aromatic heterocycles. The number of rotatable bonds is 3. The summed E-state index contributed by atoms with van der Waals surface area (Å²) in [6, 6.07) is 10.8. The van der Waals surface area contributed by atoms with Crippen molar-refractivity contribution in [3.05, 3.63) is 57.8 Å². The Balaban J connectivity index is 2.43. The van der Waals surface area contributed by atoms with Crippen LogP contribution in [0.3, 0.4) is 0 Å². The van der Waals surface area contributed by atoms with E-state index in [1.165, 1.54) is 6.07 Å². The Morgan fingerprint density at radius 1 is 1.22 bits per heavy atom. The van der Waals surface area contributed by atoms with E-state index in [2.05, 4.69) is 10.3 Å². The molecule has 1 aromatic carbocycles. The number of aromatic nitrogens is 1. The SMILES string of the molecule is Cc1cc([N+](=O)[O-])c(Nc2ccccc2)nc1C. The third-order valence-corrected chi connectivity index (χ3v) is 2.68. The van der Waals surface area contributed by atoms with Crippen LogP contribution in [0.5, 0.6) is 0 Å². The molecule has 0 atom stereocenters. The highest BCUT2D eigenvalue weighted by molar-refractivity contribution is 5.66. The fourth-order valence-corrected chi connectivity index (χ4v) is 1.58. The fraction of sp³-hybridized carbons (Fsp3) is 0.154. The van der Waals surface area contributed by atoms with Crippen molar-refractivity contribution in [2.45, 2.75) is 13.8 Å². The van der Waals surface area contributed by atoms with Gasteiger partial charge < -0.3 is 5.32 Å². The molecule has 18 heavy (non-hydrogen) atoms. The summed E-state index contributed by atoms with van der Waals surface area (Å²) in [5.74, 6) is 0.273. The molecule has 0 radical (unpaired) electrons. The zero-order valence-electron chi connectivity index (χ0n) is 10.2. The fourth-order valence-electron chi connectivity index (χ4n) is 1.58. The van der Waals surface area contributed by atoms with Crippen LogP contribution in [0.2, 0.25) is 0 Å². The van der Waals surface area contributed by atoms with Gasteiger partial charge in [0.1, 0.15) is 0 Å². The van der Waals surface area contributed by atoms with Crippen LogP contribution in [-0.4, -0.2) is 9.91 Å². The summed E-state index contributed by atoms with van der Waals surface area (Å²) in [7, 11) is 0. The van der Waals surface area contributed by atoms with Crippen molar-refractivity contribution in [1.29, 1.82) is 0 Å². The molecule has 0 amide bonds. The Bertz CT molecular complexity index is 582. The van der Waals surface area contributed by atoms with Crippen LogP contribution in [-0.2, 0) is 0 Å². The summed E-state index contributed by atoms with van der Waals surface area (Å²) in [6.07, 6.45) is 0. The maximum absolute atomic E-state index is 11.0. The molecular formula is C13H13N3O2. The topological polar surface area (TPSA) is 68.1 Å². The Hall–Kier alpha value is -2.43. The summed E-state index contributed by atoms with van der Waals surface area (Å²) in [6.45, 7) is 3.64. The zero-order chi connectivity index (χ0) is 13.1. The molecule has 0 unspecified atom stereocenters. The molecule has 0 fully saturated rings. The summed E-state index contributed by atoms with van der Waals surface area (Å²) >= 11 is 0. The van der Waals surface area contributed by atoms with Crippen LogP contribution < -0.4 is 5.32 Å². The number of para-hydroxylation sites is 1. The van der Waals surface area contributed by atoms with Crippen LogP contribution >= 0.6 is 0 Å². The van der Waals surface area contributed by atoms with Gasteiger partial charge in [-0.1, -0.05) is 18.2 Å². The molecule has 1 N–H and O–H groups in total. The number of nitro groups is 1. The van der Waals surface area contributed by atoms with Gasteiger partial charge in [0.2, 0.25) is 5.82 Å². The van der Waals surface area contributed by atoms with Gasteiger partial charge in [0.15, 0.2) is 0 Å². The monoisotopic (exact) mass is 243 g/mol. The molecule has 5 heteroatoms. The number of hydrogen-bond donors (Lipinski definition) is 1. The number of benzene rings is 1. The van der Waals surface area contributed by atoms with Crippen molar-refractivity contribution in [3.63, 3.8) is 0 Å². The average Bonchev–Trinajstić information content (AvgIpc) is 2.34. The molecule has 1 heterocycles. The van der Waals surface area contributed by atoms with E-state index in [1.54, 1.807) is 0 Å². The van der Waals surface area contributed by atoms with Crippen LogP contribution in [0.4, 0.5) is 17.2 Å². The molecule has 92 valence electrons. The molecule has 0 aliphatic heterocycles. The maximum Gasteiger partial charge on any atom is 0.312 e. The van der Waals surface area contributed by atoms with Gasteiger partial charge in [-0.25, -0.2) is 4.98 Å². The van der Waals surface area contributed by atoms with Gasteiger partial charge in [0, 0.05) is 17.4 Å².